The van der Waals surface area contributed by atoms with Crippen LogP contribution >= 0.6 is 0 Å². The van der Waals surface area contributed by atoms with Crippen molar-refractivity contribution >= 4 is 21.4 Å². The molecule has 1 aliphatic rings. The van der Waals surface area contributed by atoms with E-state index in [2.05, 4.69) is 4.98 Å². The zero-order valence-electron chi connectivity index (χ0n) is 12.7. The maximum Gasteiger partial charge on any atom is 0.228 e. The average Bonchev–Trinajstić information content (AvgIpc) is 2.98. The molecule has 0 N–H and O–H groups in total. The first-order valence-electron chi connectivity index (χ1n) is 7.26. The summed E-state index contributed by atoms with van der Waals surface area (Å²) in [6.45, 7) is 1.88. The number of fused-ring (bicyclic) bond motifs is 1. The van der Waals surface area contributed by atoms with Gasteiger partial charge >= 0.3 is 0 Å². The first kappa shape index (κ1) is 15.0. The third-order valence-corrected chi connectivity index (χ3v) is 6.05. The minimum atomic E-state index is -2.99. The standard InChI is InChI=1S/C15H19N3O3S/c1-11-13(18-7-4-3-5-14(18)16-11)9-15(19)17(2)12-6-8-22(20,21)10-12/h3-5,7,12H,6,8-10H2,1-2H3/t12-/m0/s1. The molecule has 0 aromatic carbocycles. The fourth-order valence-corrected chi connectivity index (χ4v) is 4.70. The fraction of sp³-hybridized carbons (Fsp3) is 0.467. The van der Waals surface area contributed by atoms with Gasteiger partial charge in [-0.2, -0.15) is 0 Å². The van der Waals surface area contributed by atoms with Crippen LogP contribution in [0.2, 0.25) is 0 Å². The van der Waals surface area contributed by atoms with Gasteiger partial charge in [0.2, 0.25) is 5.91 Å². The van der Waals surface area contributed by atoms with Crippen LogP contribution in [0.1, 0.15) is 17.8 Å². The number of aromatic nitrogens is 2. The topological polar surface area (TPSA) is 71.8 Å². The number of imidazole rings is 1. The quantitative estimate of drug-likeness (QED) is 0.839. The van der Waals surface area contributed by atoms with Crippen molar-refractivity contribution in [1.29, 1.82) is 0 Å². The molecule has 3 rings (SSSR count). The molecule has 0 unspecified atom stereocenters. The molecule has 0 aliphatic carbocycles. The summed E-state index contributed by atoms with van der Waals surface area (Å²) in [7, 11) is -1.30. The average molecular weight is 321 g/mol. The number of likely N-dealkylation sites (N-methyl/N-ethyl adjacent to an activating group) is 1. The number of pyridine rings is 1. The molecule has 0 saturated carbocycles. The highest BCUT2D eigenvalue weighted by molar-refractivity contribution is 7.91. The van der Waals surface area contributed by atoms with E-state index < -0.39 is 9.84 Å². The Bertz CT molecular complexity index is 826. The molecule has 118 valence electrons. The molecule has 3 heterocycles. The maximum absolute atomic E-state index is 12.5. The van der Waals surface area contributed by atoms with Crippen LogP contribution in [-0.2, 0) is 21.1 Å². The van der Waals surface area contributed by atoms with E-state index in [9.17, 15) is 13.2 Å². The summed E-state index contributed by atoms with van der Waals surface area (Å²) in [6.07, 6.45) is 2.64. The van der Waals surface area contributed by atoms with Gasteiger partial charge in [-0.25, -0.2) is 13.4 Å². The smallest absolute Gasteiger partial charge is 0.228 e. The second-order valence-corrected chi connectivity index (χ2v) is 8.04. The van der Waals surface area contributed by atoms with Gasteiger partial charge in [-0.05, 0) is 25.5 Å². The van der Waals surface area contributed by atoms with Gasteiger partial charge in [0.05, 0.1) is 29.3 Å². The monoisotopic (exact) mass is 321 g/mol. The Balaban J connectivity index is 1.80. The highest BCUT2D eigenvalue weighted by atomic mass is 32.2. The lowest BCUT2D eigenvalue weighted by molar-refractivity contribution is -0.130. The van der Waals surface area contributed by atoms with Gasteiger partial charge in [-0.15, -0.1) is 0 Å². The number of carbonyl (C=O) groups excluding carboxylic acids is 1. The summed E-state index contributed by atoms with van der Waals surface area (Å²) in [4.78, 5) is 18.5. The Labute approximate surface area is 129 Å². The fourth-order valence-electron chi connectivity index (χ4n) is 2.93. The van der Waals surface area contributed by atoms with E-state index in [4.69, 9.17) is 0 Å². The highest BCUT2D eigenvalue weighted by Gasteiger charge is 2.33. The highest BCUT2D eigenvalue weighted by Crippen LogP contribution is 2.19. The Morgan fingerprint density at radius 3 is 2.91 bits per heavy atom. The second kappa shape index (κ2) is 5.39. The summed E-state index contributed by atoms with van der Waals surface area (Å²) in [6, 6.07) is 5.49. The zero-order valence-corrected chi connectivity index (χ0v) is 13.5. The number of sulfone groups is 1. The molecular weight excluding hydrogens is 302 g/mol. The van der Waals surface area contributed by atoms with Crippen LogP contribution in [0.4, 0.5) is 0 Å². The first-order chi connectivity index (χ1) is 10.4. The van der Waals surface area contributed by atoms with E-state index in [1.807, 2.05) is 35.7 Å². The Kier molecular flexibility index (Phi) is 3.68. The van der Waals surface area contributed by atoms with E-state index in [-0.39, 0.29) is 29.9 Å². The third kappa shape index (κ3) is 2.72. The maximum atomic E-state index is 12.5. The molecule has 0 bridgehead atoms. The lowest BCUT2D eigenvalue weighted by atomic mass is 10.2. The van der Waals surface area contributed by atoms with Crippen LogP contribution in [0.25, 0.3) is 5.65 Å². The van der Waals surface area contributed by atoms with E-state index in [0.717, 1.165) is 17.0 Å². The molecule has 2 aromatic heterocycles. The van der Waals surface area contributed by atoms with E-state index in [1.54, 1.807) is 11.9 Å². The van der Waals surface area contributed by atoms with Crippen molar-refractivity contribution in [3.63, 3.8) is 0 Å². The summed E-state index contributed by atoms with van der Waals surface area (Å²) in [5.74, 6) is 0.168. The summed E-state index contributed by atoms with van der Waals surface area (Å²) in [5, 5.41) is 0. The lowest BCUT2D eigenvalue weighted by Gasteiger charge is -2.23. The number of nitrogens with zero attached hydrogens (tertiary/aromatic N) is 3. The molecule has 1 amide bonds. The number of carbonyl (C=O) groups is 1. The third-order valence-electron chi connectivity index (χ3n) is 4.30. The molecule has 7 heteroatoms. The van der Waals surface area contributed by atoms with Gasteiger partial charge in [0, 0.05) is 19.3 Å². The van der Waals surface area contributed by atoms with Crippen LogP contribution in [0, 0.1) is 6.92 Å². The van der Waals surface area contributed by atoms with Gasteiger partial charge in [-0.1, -0.05) is 6.07 Å². The Hall–Kier alpha value is -1.89. The number of amides is 1. The molecule has 0 radical (unpaired) electrons. The number of hydrogen-bond donors (Lipinski definition) is 0. The minimum absolute atomic E-state index is 0.0708. The molecule has 1 saturated heterocycles. The SMILES string of the molecule is Cc1nc2ccccn2c1CC(=O)N(C)[C@H]1CCS(=O)(=O)C1. The number of rotatable bonds is 3. The van der Waals surface area contributed by atoms with Crippen LogP contribution in [-0.4, -0.2) is 53.2 Å². The van der Waals surface area contributed by atoms with Crippen molar-refractivity contribution in [2.45, 2.75) is 25.8 Å². The minimum Gasteiger partial charge on any atom is -0.341 e. The van der Waals surface area contributed by atoms with E-state index in [0.29, 0.717) is 6.42 Å². The molecular formula is C15H19N3O3S. The van der Waals surface area contributed by atoms with Gasteiger partial charge < -0.3 is 9.30 Å². The van der Waals surface area contributed by atoms with Crippen LogP contribution in [0.3, 0.4) is 0 Å². The molecule has 1 aliphatic heterocycles. The molecule has 1 fully saturated rings. The van der Waals surface area contributed by atoms with Gasteiger partial charge in [-0.3, -0.25) is 4.79 Å². The molecule has 1 atom stereocenters. The zero-order chi connectivity index (χ0) is 15.9. The molecule has 6 nitrogen and oxygen atoms in total. The van der Waals surface area contributed by atoms with Crippen molar-refractivity contribution in [3.8, 4) is 0 Å². The summed E-state index contributed by atoms with van der Waals surface area (Å²) < 4.78 is 25.0. The normalized spacial score (nSPS) is 20.4. The molecule has 22 heavy (non-hydrogen) atoms. The molecule has 0 spiro atoms. The van der Waals surface area contributed by atoms with E-state index in [1.165, 1.54) is 0 Å². The van der Waals surface area contributed by atoms with Gasteiger partial charge in [0.15, 0.2) is 9.84 Å². The predicted octanol–water partition coefficient (Wildman–Crippen LogP) is 0.831. The second-order valence-electron chi connectivity index (χ2n) is 5.81. The van der Waals surface area contributed by atoms with E-state index >= 15 is 0 Å². The van der Waals surface area contributed by atoms with Crippen molar-refractivity contribution in [3.05, 3.63) is 35.8 Å². The Morgan fingerprint density at radius 2 is 2.23 bits per heavy atom. The van der Waals surface area contributed by atoms with Crippen LogP contribution in [0.5, 0.6) is 0 Å². The largest absolute Gasteiger partial charge is 0.341 e. The van der Waals surface area contributed by atoms with Crippen LogP contribution < -0.4 is 0 Å². The van der Waals surface area contributed by atoms with Gasteiger partial charge in [0.25, 0.3) is 0 Å². The van der Waals surface area contributed by atoms with Crippen molar-refractivity contribution < 1.29 is 13.2 Å². The van der Waals surface area contributed by atoms with Crippen molar-refractivity contribution in [2.24, 2.45) is 0 Å². The lowest BCUT2D eigenvalue weighted by Crippen LogP contribution is -2.39. The first-order valence-corrected chi connectivity index (χ1v) is 9.08. The summed E-state index contributed by atoms with van der Waals surface area (Å²) >= 11 is 0. The Morgan fingerprint density at radius 1 is 1.45 bits per heavy atom. The number of hydrogen-bond acceptors (Lipinski definition) is 4. The summed E-state index contributed by atoms with van der Waals surface area (Å²) in [5.41, 5.74) is 2.49. The molecule has 2 aromatic rings. The van der Waals surface area contributed by atoms with Gasteiger partial charge in [0.1, 0.15) is 5.65 Å². The van der Waals surface area contributed by atoms with Crippen molar-refractivity contribution in [2.75, 3.05) is 18.6 Å². The number of aryl methyl sites for hydroxylation is 1. The predicted molar refractivity (Wildman–Crippen MR) is 83.5 cm³/mol. The van der Waals surface area contributed by atoms with Crippen molar-refractivity contribution in [1.82, 2.24) is 14.3 Å². The van der Waals surface area contributed by atoms with Crippen LogP contribution in [0.15, 0.2) is 24.4 Å².